The highest BCUT2D eigenvalue weighted by atomic mass is 16.6. The molecule has 0 aromatic rings. The van der Waals surface area contributed by atoms with Crippen LogP contribution in [0, 0.1) is 29.1 Å². The third kappa shape index (κ3) is 2.10. The molecule has 0 aromatic carbocycles. The van der Waals surface area contributed by atoms with E-state index in [4.69, 9.17) is 4.84 Å². The van der Waals surface area contributed by atoms with Gasteiger partial charge in [0.2, 0.25) is 0 Å². The fourth-order valence-corrected chi connectivity index (χ4v) is 5.23. The minimum atomic E-state index is 0.556. The van der Waals surface area contributed by atoms with Gasteiger partial charge >= 0.3 is 0 Å². The Kier molecular flexibility index (Phi) is 3.36. The summed E-state index contributed by atoms with van der Waals surface area (Å²) in [5.41, 5.74) is 1.80. The SMILES string of the molecule is CO/N=C1\CCNC(C2C[C@@H](C)C3CC2C3(C)C)C1. The predicted molar refractivity (Wildman–Crippen MR) is 78.1 cm³/mol. The Morgan fingerprint density at radius 2 is 2.05 bits per heavy atom. The molecule has 19 heavy (non-hydrogen) atoms. The van der Waals surface area contributed by atoms with Crippen molar-refractivity contribution < 1.29 is 4.84 Å². The van der Waals surface area contributed by atoms with E-state index < -0.39 is 0 Å². The van der Waals surface area contributed by atoms with Crippen molar-refractivity contribution in [3.63, 3.8) is 0 Å². The summed E-state index contributed by atoms with van der Waals surface area (Å²) < 4.78 is 0. The van der Waals surface area contributed by atoms with Crippen molar-refractivity contribution in [2.24, 2.45) is 34.2 Å². The van der Waals surface area contributed by atoms with Gasteiger partial charge in [0.25, 0.3) is 0 Å². The summed E-state index contributed by atoms with van der Waals surface area (Å²) in [5, 5.41) is 7.95. The maximum atomic E-state index is 4.98. The molecule has 108 valence electrons. The molecule has 1 heterocycles. The van der Waals surface area contributed by atoms with E-state index in [0.29, 0.717) is 11.5 Å². The fourth-order valence-electron chi connectivity index (χ4n) is 5.23. The molecule has 0 aromatic heterocycles. The smallest absolute Gasteiger partial charge is 0.106 e. The molecule has 3 aliphatic carbocycles. The molecule has 1 aliphatic heterocycles. The van der Waals surface area contributed by atoms with Crippen molar-refractivity contribution >= 4 is 5.71 Å². The Morgan fingerprint density at radius 1 is 1.26 bits per heavy atom. The second kappa shape index (κ2) is 4.76. The van der Waals surface area contributed by atoms with E-state index in [1.165, 1.54) is 18.6 Å². The molecular weight excluding hydrogens is 236 g/mol. The first-order valence-electron chi connectivity index (χ1n) is 7.86. The van der Waals surface area contributed by atoms with E-state index in [1.54, 1.807) is 7.11 Å². The molecule has 5 atom stereocenters. The number of hydrogen-bond acceptors (Lipinski definition) is 3. The van der Waals surface area contributed by atoms with Crippen LogP contribution in [0.5, 0.6) is 0 Å². The standard InChI is InChI=1S/C16H28N2O/c1-10-7-12(14-9-13(10)16(14,2)3)15-8-11(18-19-4)5-6-17-15/h10,12-15,17H,5-9H2,1-4H3/b18-11+/t10-,12?,13?,14?,15?/m1/s1. The monoisotopic (exact) mass is 264 g/mol. The molecule has 4 aliphatic rings. The Bertz CT molecular complexity index is 377. The van der Waals surface area contributed by atoms with Crippen molar-refractivity contribution in [3.05, 3.63) is 0 Å². The van der Waals surface area contributed by atoms with Gasteiger partial charge in [0, 0.05) is 25.4 Å². The van der Waals surface area contributed by atoms with Crippen LogP contribution < -0.4 is 5.32 Å². The molecule has 3 nitrogen and oxygen atoms in total. The van der Waals surface area contributed by atoms with Gasteiger partial charge in [-0.25, -0.2) is 0 Å². The van der Waals surface area contributed by atoms with Gasteiger partial charge < -0.3 is 10.2 Å². The van der Waals surface area contributed by atoms with Crippen LogP contribution in [0.2, 0.25) is 0 Å². The van der Waals surface area contributed by atoms with Crippen molar-refractivity contribution in [3.8, 4) is 0 Å². The van der Waals surface area contributed by atoms with Gasteiger partial charge in [0.1, 0.15) is 7.11 Å². The molecule has 3 heteroatoms. The minimum absolute atomic E-state index is 0.556. The molecular formula is C16H28N2O. The lowest BCUT2D eigenvalue weighted by molar-refractivity contribution is -0.145. The molecule has 2 bridgehead atoms. The fraction of sp³-hybridized carbons (Fsp3) is 0.938. The second-order valence-electron chi connectivity index (χ2n) is 7.50. The lowest BCUT2D eigenvalue weighted by Crippen LogP contribution is -2.61. The Hall–Kier alpha value is -0.570. The van der Waals surface area contributed by atoms with Crippen molar-refractivity contribution in [1.29, 1.82) is 0 Å². The number of hydrogen-bond donors (Lipinski definition) is 1. The average molecular weight is 264 g/mol. The maximum Gasteiger partial charge on any atom is 0.106 e. The van der Waals surface area contributed by atoms with E-state index in [-0.39, 0.29) is 0 Å². The zero-order chi connectivity index (χ0) is 13.6. The van der Waals surface area contributed by atoms with E-state index in [2.05, 4.69) is 31.2 Å². The molecule has 0 spiro atoms. The molecule has 4 unspecified atom stereocenters. The van der Waals surface area contributed by atoms with Crippen molar-refractivity contribution in [2.45, 2.75) is 52.5 Å². The highest BCUT2D eigenvalue weighted by molar-refractivity contribution is 5.85. The van der Waals surface area contributed by atoms with Crippen LogP contribution in [0.3, 0.4) is 0 Å². The van der Waals surface area contributed by atoms with Gasteiger partial charge in [-0.3, -0.25) is 0 Å². The van der Waals surface area contributed by atoms with E-state index in [1.807, 2.05) is 0 Å². The van der Waals surface area contributed by atoms with Gasteiger partial charge in [0.05, 0.1) is 5.71 Å². The molecule has 1 saturated heterocycles. The number of oxime groups is 1. The largest absolute Gasteiger partial charge is 0.399 e. The van der Waals surface area contributed by atoms with Gasteiger partial charge in [0.15, 0.2) is 0 Å². The summed E-state index contributed by atoms with van der Waals surface area (Å²) in [4.78, 5) is 4.98. The van der Waals surface area contributed by atoms with E-state index in [9.17, 15) is 0 Å². The second-order valence-corrected chi connectivity index (χ2v) is 7.50. The molecule has 1 N–H and O–H groups in total. The lowest BCUT2D eigenvalue weighted by atomic mass is 9.41. The van der Waals surface area contributed by atoms with Crippen molar-refractivity contribution in [2.75, 3.05) is 13.7 Å². The third-order valence-corrected chi connectivity index (χ3v) is 6.28. The highest BCUT2D eigenvalue weighted by Gasteiger charge is 2.58. The van der Waals surface area contributed by atoms with Crippen LogP contribution >= 0.6 is 0 Å². The molecule has 3 saturated carbocycles. The van der Waals surface area contributed by atoms with Gasteiger partial charge in [-0.2, -0.15) is 0 Å². The zero-order valence-corrected chi connectivity index (χ0v) is 12.8. The van der Waals surface area contributed by atoms with Crippen LogP contribution in [0.1, 0.15) is 46.5 Å². The summed E-state index contributed by atoms with van der Waals surface area (Å²) in [7, 11) is 1.66. The number of fused-ring (bicyclic) bond motifs is 2. The first-order chi connectivity index (χ1) is 9.04. The molecule has 0 radical (unpaired) electrons. The Morgan fingerprint density at radius 3 is 2.68 bits per heavy atom. The quantitative estimate of drug-likeness (QED) is 0.778. The van der Waals surface area contributed by atoms with Gasteiger partial charge in [-0.1, -0.05) is 25.9 Å². The van der Waals surface area contributed by atoms with Crippen molar-refractivity contribution in [1.82, 2.24) is 5.32 Å². The van der Waals surface area contributed by atoms with Crippen LogP contribution in [0.15, 0.2) is 5.16 Å². The normalized spacial score (nSPS) is 46.7. The third-order valence-electron chi connectivity index (χ3n) is 6.28. The average Bonchev–Trinajstić information content (AvgIpc) is 2.38. The molecule has 4 fully saturated rings. The topological polar surface area (TPSA) is 33.6 Å². The van der Waals surface area contributed by atoms with Gasteiger partial charge in [-0.05, 0) is 41.9 Å². The van der Waals surface area contributed by atoms with Crippen LogP contribution in [-0.2, 0) is 4.84 Å². The summed E-state index contributed by atoms with van der Waals surface area (Å²) in [5.74, 6) is 3.59. The first kappa shape index (κ1) is 13.4. The summed E-state index contributed by atoms with van der Waals surface area (Å²) in [6.45, 7) is 8.50. The number of nitrogens with one attached hydrogen (secondary N) is 1. The van der Waals surface area contributed by atoms with E-state index >= 15 is 0 Å². The minimum Gasteiger partial charge on any atom is -0.399 e. The number of nitrogens with zero attached hydrogens (tertiary/aromatic N) is 1. The van der Waals surface area contributed by atoms with Crippen LogP contribution in [0.4, 0.5) is 0 Å². The maximum absolute atomic E-state index is 4.98. The molecule has 4 rings (SSSR count). The summed E-state index contributed by atoms with van der Waals surface area (Å²) in [6, 6.07) is 0.621. The summed E-state index contributed by atoms with van der Waals surface area (Å²) in [6.07, 6.45) is 4.98. The van der Waals surface area contributed by atoms with Crippen LogP contribution in [-0.4, -0.2) is 25.4 Å². The number of piperidine rings is 1. The van der Waals surface area contributed by atoms with E-state index in [0.717, 1.165) is 43.1 Å². The van der Waals surface area contributed by atoms with Crippen LogP contribution in [0.25, 0.3) is 0 Å². The summed E-state index contributed by atoms with van der Waals surface area (Å²) >= 11 is 0. The Labute approximate surface area is 117 Å². The Balaban J connectivity index is 1.73. The lowest BCUT2D eigenvalue weighted by Gasteiger charge is -2.64. The number of rotatable bonds is 2. The molecule has 0 amide bonds. The predicted octanol–water partition coefficient (Wildman–Crippen LogP) is 3.06. The van der Waals surface area contributed by atoms with Gasteiger partial charge in [-0.15, -0.1) is 0 Å². The zero-order valence-electron chi connectivity index (χ0n) is 12.8. The first-order valence-corrected chi connectivity index (χ1v) is 7.86. The highest BCUT2D eigenvalue weighted by Crippen LogP contribution is 2.64.